The van der Waals surface area contributed by atoms with Crippen molar-refractivity contribution in [3.05, 3.63) is 58.7 Å². The van der Waals surface area contributed by atoms with Crippen LogP contribution in [0.5, 0.6) is 0 Å². The Labute approximate surface area is 201 Å². The van der Waals surface area contributed by atoms with Crippen LogP contribution in [0.3, 0.4) is 0 Å². The van der Waals surface area contributed by atoms with Crippen molar-refractivity contribution < 1.29 is 9.59 Å². The van der Waals surface area contributed by atoms with E-state index in [0.29, 0.717) is 18.0 Å². The van der Waals surface area contributed by atoms with Crippen molar-refractivity contribution in [1.29, 1.82) is 0 Å². The number of amides is 2. The standard InChI is InChI=1S/C25H34ClN5O2/c1-29(2)24(32)20-11-12-21(28-23(20)26)31-16-13-18(14-17-31)8-7-15-30(3)25(33)22(27)19-9-5-4-6-10-19/h4-6,9-12,18,22H,7-8,13-17,27H2,1-3H3. The number of likely N-dealkylation sites (N-methyl/N-ethyl adjacent to an activating group) is 1. The Hall–Kier alpha value is -2.64. The first kappa shape index (κ1) is 25.0. The lowest BCUT2D eigenvalue weighted by molar-refractivity contribution is -0.131. The Morgan fingerprint density at radius 3 is 2.39 bits per heavy atom. The van der Waals surface area contributed by atoms with Gasteiger partial charge in [0.2, 0.25) is 5.91 Å². The number of nitrogens with zero attached hydrogens (tertiary/aromatic N) is 4. The fraction of sp³-hybridized carbons (Fsp3) is 0.480. The second-order valence-corrected chi connectivity index (χ2v) is 9.29. The predicted molar refractivity (Wildman–Crippen MR) is 132 cm³/mol. The molecule has 1 aromatic heterocycles. The lowest BCUT2D eigenvalue weighted by Crippen LogP contribution is -2.37. The Balaban J connectivity index is 1.43. The van der Waals surface area contributed by atoms with Crippen LogP contribution in [-0.4, -0.2) is 67.4 Å². The maximum atomic E-state index is 12.6. The quantitative estimate of drug-likeness (QED) is 0.595. The summed E-state index contributed by atoms with van der Waals surface area (Å²) in [4.78, 5) is 34.7. The second kappa shape index (κ2) is 11.5. The first-order valence-electron chi connectivity index (χ1n) is 11.5. The molecule has 8 heteroatoms. The van der Waals surface area contributed by atoms with Crippen LogP contribution in [0.1, 0.15) is 47.6 Å². The highest BCUT2D eigenvalue weighted by molar-refractivity contribution is 6.32. The molecule has 7 nitrogen and oxygen atoms in total. The molecule has 0 saturated carbocycles. The number of pyridine rings is 1. The molecule has 3 rings (SSSR count). The van der Waals surface area contributed by atoms with E-state index in [0.717, 1.165) is 50.2 Å². The number of carbonyl (C=O) groups excluding carboxylic acids is 2. The number of piperidine rings is 1. The summed E-state index contributed by atoms with van der Waals surface area (Å²) in [5, 5.41) is 0.245. The molecule has 1 aliphatic rings. The molecule has 0 spiro atoms. The van der Waals surface area contributed by atoms with Crippen molar-refractivity contribution in [2.45, 2.75) is 31.7 Å². The van der Waals surface area contributed by atoms with Crippen molar-refractivity contribution in [2.75, 3.05) is 45.7 Å². The van der Waals surface area contributed by atoms with E-state index in [1.54, 1.807) is 25.1 Å². The van der Waals surface area contributed by atoms with Crippen molar-refractivity contribution in [2.24, 2.45) is 11.7 Å². The largest absolute Gasteiger partial charge is 0.357 e. The molecule has 0 radical (unpaired) electrons. The monoisotopic (exact) mass is 471 g/mol. The van der Waals surface area contributed by atoms with Gasteiger partial charge in [0, 0.05) is 40.8 Å². The Morgan fingerprint density at radius 1 is 1.12 bits per heavy atom. The molecule has 2 aromatic rings. The highest BCUT2D eigenvalue weighted by atomic mass is 35.5. The van der Waals surface area contributed by atoms with Crippen molar-refractivity contribution >= 4 is 29.2 Å². The van der Waals surface area contributed by atoms with Gasteiger partial charge in [-0.3, -0.25) is 9.59 Å². The zero-order valence-electron chi connectivity index (χ0n) is 19.7. The molecular weight excluding hydrogens is 438 g/mol. The molecule has 33 heavy (non-hydrogen) atoms. The summed E-state index contributed by atoms with van der Waals surface area (Å²) in [7, 11) is 5.22. The van der Waals surface area contributed by atoms with Crippen LogP contribution in [0.25, 0.3) is 0 Å². The van der Waals surface area contributed by atoms with Crippen molar-refractivity contribution in [3.63, 3.8) is 0 Å². The van der Waals surface area contributed by atoms with E-state index < -0.39 is 6.04 Å². The highest BCUT2D eigenvalue weighted by Gasteiger charge is 2.23. The molecule has 1 unspecified atom stereocenters. The first-order valence-corrected chi connectivity index (χ1v) is 11.8. The summed E-state index contributed by atoms with van der Waals surface area (Å²) in [5.41, 5.74) is 7.41. The number of hydrogen-bond donors (Lipinski definition) is 1. The van der Waals surface area contributed by atoms with Gasteiger partial charge in [0.05, 0.1) is 5.56 Å². The lowest BCUT2D eigenvalue weighted by Gasteiger charge is -2.33. The molecule has 1 saturated heterocycles. The molecule has 178 valence electrons. The van der Waals surface area contributed by atoms with Crippen LogP contribution >= 0.6 is 11.6 Å². The molecule has 2 N–H and O–H groups in total. The van der Waals surface area contributed by atoms with Gasteiger partial charge in [-0.2, -0.15) is 0 Å². The predicted octanol–water partition coefficient (Wildman–Crippen LogP) is 3.59. The fourth-order valence-electron chi connectivity index (χ4n) is 4.22. The summed E-state index contributed by atoms with van der Waals surface area (Å²) in [5.74, 6) is 1.24. The first-order chi connectivity index (χ1) is 15.8. The number of aromatic nitrogens is 1. The minimum absolute atomic E-state index is 0.0461. The van der Waals surface area contributed by atoms with Crippen molar-refractivity contribution in [1.82, 2.24) is 14.8 Å². The molecule has 0 aliphatic carbocycles. The van der Waals surface area contributed by atoms with Crippen LogP contribution in [0.2, 0.25) is 5.15 Å². The normalized spacial score (nSPS) is 15.2. The van der Waals surface area contributed by atoms with E-state index in [4.69, 9.17) is 17.3 Å². The van der Waals surface area contributed by atoms with E-state index >= 15 is 0 Å². The second-order valence-electron chi connectivity index (χ2n) is 8.93. The van der Waals surface area contributed by atoms with Crippen molar-refractivity contribution in [3.8, 4) is 0 Å². The third kappa shape index (κ3) is 6.45. The summed E-state index contributed by atoms with van der Waals surface area (Å²) in [6, 6.07) is 12.5. The molecule has 1 atom stereocenters. The Morgan fingerprint density at radius 2 is 1.79 bits per heavy atom. The van der Waals surface area contributed by atoms with Gasteiger partial charge in [-0.1, -0.05) is 41.9 Å². The van der Waals surface area contributed by atoms with Crippen LogP contribution < -0.4 is 10.6 Å². The third-order valence-corrected chi connectivity index (χ3v) is 6.60. The van der Waals surface area contributed by atoms with Crippen LogP contribution in [0.15, 0.2) is 42.5 Å². The SMILES string of the molecule is CN(C)C(=O)c1ccc(N2CCC(CCCN(C)C(=O)C(N)c3ccccc3)CC2)nc1Cl. The van der Waals surface area contributed by atoms with E-state index in [9.17, 15) is 9.59 Å². The molecule has 0 bridgehead atoms. The molecule has 1 aliphatic heterocycles. The minimum Gasteiger partial charge on any atom is -0.357 e. The summed E-state index contributed by atoms with van der Waals surface area (Å²) >= 11 is 6.27. The number of benzene rings is 1. The van der Waals surface area contributed by atoms with Gasteiger partial charge >= 0.3 is 0 Å². The maximum Gasteiger partial charge on any atom is 0.256 e. The number of halogens is 1. The molecule has 1 aromatic carbocycles. The summed E-state index contributed by atoms with van der Waals surface area (Å²) < 4.78 is 0. The maximum absolute atomic E-state index is 12.6. The summed E-state index contributed by atoms with van der Waals surface area (Å²) in [6.07, 6.45) is 4.17. The number of rotatable bonds is 8. The minimum atomic E-state index is -0.613. The van der Waals surface area contributed by atoms with E-state index in [2.05, 4.69) is 9.88 Å². The molecular formula is C25H34ClN5O2. The molecule has 2 amide bonds. The van der Waals surface area contributed by atoms with Crippen LogP contribution in [0, 0.1) is 5.92 Å². The Bertz CT molecular complexity index is 945. The summed E-state index contributed by atoms with van der Waals surface area (Å²) in [6.45, 7) is 2.52. The van der Waals surface area contributed by atoms with E-state index in [1.165, 1.54) is 4.90 Å². The zero-order valence-corrected chi connectivity index (χ0v) is 20.5. The lowest BCUT2D eigenvalue weighted by atomic mass is 9.92. The number of nitrogens with two attached hydrogens (primary N) is 1. The van der Waals surface area contributed by atoms with Gasteiger partial charge in [-0.05, 0) is 49.3 Å². The van der Waals surface area contributed by atoms with E-state index in [-0.39, 0.29) is 17.0 Å². The molecule has 2 heterocycles. The van der Waals surface area contributed by atoms with Gasteiger partial charge in [0.15, 0.2) is 0 Å². The third-order valence-electron chi connectivity index (χ3n) is 6.32. The van der Waals surface area contributed by atoms with Crippen LogP contribution in [0.4, 0.5) is 5.82 Å². The van der Waals surface area contributed by atoms with Gasteiger partial charge in [-0.15, -0.1) is 0 Å². The average Bonchev–Trinajstić information content (AvgIpc) is 2.83. The fourth-order valence-corrected chi connectivity index (χ4v) is 4.45. The zero-order chi connectivity index (χ0) is 24.0. The van der Waals surface area contributed by atoms with Gasteiger partial charge in [0.1, 0.15) is 17.0 Å². The van der Waals surface area contributed by atoms with Gasteiger partial charge in [0.25, 0.3) is 5.91 Å². The average molecular weight is 472 g/mol. The van der Waals surface area contributed by atoms with Gasteiger partial charge in [-0.25, -0.2) is 4.98 Å². The number of hydrogen-bond acceptors (Lipinski definition) is 5. The highest BCUT2D eigenvalue weighted by Crippen LogP contribution is 2.27. The number of carbonyl (C=O) groups is 2. The smallest absolute Gasteiger partial charge is 0.256 e. The Kier molecular flexibility index (Phi) is 8.69. The molecule has 1 fully saturated rings. The van der Waals surface area contributed by atoms with Crippen LogP contribution in [-0.2, 0) is 4.79 Å². The number of anilines is 1. The van der Waals surface area contributed by atoms with Gasteiger partial charge < -0.3 is 20.4 Å². The topological polar surface area (TPSA) is 82.8 Å². The van der Waals surface area contributed by atoms with E-state index in [1.807, 2.05) is 43.4 Å².